The van der Waals surface area contributed by atoms with Gasteiger partial charge in [-0.1, -0.05) is 60.7 Å². The molecule has 0 radical (unpaired) electrons. The summed E-state index contributed by atoms with van der Waals surface area (Å²) in [5, 5.41) is 5.58. The van der Waals surface area contributed by atoms with Crippen LogP contribution in [-0.4, -0.2) is 18.5 Å². The van der Waals surface area contributed by atoms with Crippen LogP contribution in [0, 0.1) is 0 Å². The summed E-state index contributed by atoms with van der Waals surface area (Å²) in [5.74, 6) is 1.17. The fourth-order valence-electron chi connectivity index (χ4n) is 3.27. The first-order chi connectivity index (χ1) is 15.1. The summed E-state index contributed by atoms with van der Waals surface area (Å²) in [4.78, 5) is 24.0. The Morgan fingerprint density at radius 1 is 0.871 bits per heavy atom. The first-order valence-electron chi connectivity index (χ1n) is 10.3. The van der Waals surface area contributed by atoms with E-state index < -0.39 is 12.1 Å². The van der Waals surface area contributed by atoms with Crippen LogP contribution in [0.4, 0.5) is 4.79 Å². The number of urea groups is 1. The van der Waals surface area contributed by atoms with Crippen LogP contribution >= 0.6 is 0 Å². The molecule has 0 spiro atoms. The van der Waals surface area contributed by atoms with Crippen LogP contribution in [0.5, 0.6) is 11.5 Å². The number of benzene rings is 3. The van der Waals surface area contributed by atoms with E-state index in [1.807, 2.05) is 66.7 Å². The Morgan fingerprint density at radius 3 is 2.26 bits per heavy atom. The Bertz CT molecular complexity index is 978. The Kier molecular flexibility index (Phi) is 8.05. The lowest BCUT2D eigenvalue weighted by Crippen LogP contribution is -2.36. The lowest BCUT2D eigenvalue weighted by atomic mass is 10.0. The second kappa shape index (κ2) is 11.4. The maximum absolute atomic E-state index is 12.5. The van der Waals surface area contributed by atoms with Crippen molar-refractivity contribution in [3.63, 3.8) is 0 Å². The molecule has 6 heteroatoms. The van der Waals surface area contributed by atoms with Gasteiger partial charge in [-0.15, -0.1) is 0 Å². The SMILES string of the molecule is NC(=O)NC(CC(=O)NCCCc1ccccc1)c1cccc(Oc2ccccc2)c1. The maximum Gasteiger partial charge on any atom is 0.312 e. The molecule has 3 aromatic rings. The molecule has 0 aromatic heterocycles. The summed E-state index contributed by atoms with van der Waals surface area (Å²) < 4.78 is 5.86. The van der Waals surface area contributed by atoms with Gasteiger partial charge in [-0.25, -0.2) is 4.79 Å². The normalized spacial score (nSPS) is 11.4. The molecule has 0 fully saturated rings. The van der Waals surface area contributed by atoms with Gasteiger partial charge in [0.15, 0.2) is 0 Å². The van der Waals surface area contributed by atoms with E-state index in [1.165, 1.54) is 5.56 Å². The molecule has 3 amide bonds. The number of rotatable bonds is 10. The molecule has 160 valence electrons. The molecule has 0 bridgehead atoms. The van der Waals surface area contributed by atoms with Crippen LogP contribution in [0.2, 0.25) is 0 Å². The molecule has 0 aliphatic carbocycles. The maximum atomic E-state index is 12.5. The molecule has 0 aliphatic rings. The van der Waals surface area contributed by atoms with Gasteiger partial charge in [0.2, 0.25) is 5.91 Å². The zero-order valence-electron chi connectivity index (χ0n) is 17.3. The van der Waals surface area contributed by atoms with E-state index in [2.05, 4.69) is 22.8 Å². The fourth-order valence-corrected chi connectivity index (χ4v) is 3.27. The highest BCUT2D eigenvalue weighted by molar-refractivity contribution is 5.78. The van der Waals surface area contributed by atoms with E-state index in [0.29, 0.717) is 18.0 Å². The summed E-state index contributed by atoms with van der Waals surface area (Å²) in [6.45, 7) is 0.564. The van der Waals surface area contributed by atoms with E-state index in [0.717, 1.165) is 18.4 Å². The number of para-hydroxylation sites is 1. The zero-order valence-corrected chi connectivity index (χ0v) is 17.3. The van der Waals surface area contributed by atoms with Crippen LogP contribution < -0.4 is 21.1 Å². The van der Waals surface area contributed by atoms with Crippen molar-refractivity contribution in [1.82, 2.24) is 10.6 Å². The van der Waals surface area contributed by atoms with Crippen molar-refractivity contribution in [3.8, 4) is 11.5 Å². The molecule has 6 nitrogen and oxygen atoms in total. The van der Waals surface area contributed by atoms with Gasteiger partial charge in [-0.05, 0) is 48.2 Å². The van der Waals surface area contributed by atoms with Gasteiger partial charge in [0.1, 0.15) is 11.5 Å². The van der Waals surface area contributed by atoms with Crippen molar-refractivity contribution in [2.45, 2.75) is 25.3 Å². The molecule has 1 unspecified atom stereocenters. The number of aryl methyl sites for hydroxylation is 1. The molecule has 0 aliphatic heterocycles. The van der Waals surface area contributed by atoms with Gasteiger partial charge in [0.05, 0.1) is 12.5 Å². The predicted molar refractivity (Wildman–Crippen MR) is 121 cm³/mol. The van der Waals surface area contributed by atoms with Gasteiger partial charge in [-0.3, -0.25) is 4.79 Å². The smallest absolute Gasteiger partial charge is 0.312 e. The highest BCUT2D eigenvalue weighted by Gasteiger charge is 2.18. The van der Waals surface area contributed by atoms with Crippen LogP contribution in [0.15, 0.2) is 84.9 Å². The minimum atomic E-state index is -0.684. The number of nitrogens with two attached hydrogens (primary N) is 1. The number of carbonyl (C=O) groups excluding carboxylic acids is 2. The molecule has 0 heterocycles. The van der Waals surface area contributed by atoms with Gasteiger partial charge in [-0.2, -0.15) is 0 Å². The molecular weight excluding hydrogens is 390 g/mol. The molecule has 1 atom stereocenters. The third kappa shape index (κ3) is 7.51. The molecule has 0 saturated heterocycles. The predicted octanol–water partition coefficient (Wildman–Crippen LogP) is 4.33. The van der Waals surface area contributed by atoms with Crippen LogP contribution in [0.25, 0.3) is 0 Å². The van der Waals surface area contributed by atoms with Crippen LogP contribution in [0.3, 0.4) is 0 Å². The largest absolute Gasteiger partial charge is 0.457 e. The average Bonchev–Trinajstić information content (AvgIpc) is 2.78. The first kappa shape index (κ1) is 21.9. The highest BCUT2D eigenvalue weighted by Crippen LogP contribution is 2.26. The number of ether oxygens (including phenoxy) is 1. The van der Waals surface area contributed by atoms with E-state index in [1.54, 1.807) is 6.07 Å². The van der Waals surface area contributed by atoms with E-state index >= 15 is 0 Å². The number of hydrogen-bond donors (Lipinski definition) is 3. The van der Waals surface area contributed by atoms with Crippen molar-refractivity contribution >= 4 is 11.9 Å². The summed E-state index contributed by atoms with van der Waals surface area (Å²) in [6.07, 6.45) is 1.82. The third-order valence-corrected chi connectivity index (χ3v) is 4.75. The quantitative estimate of drug-likeness (QED) is 0.429. The zero-order chi connectivity index (χ0) is 21.9. The lowest BCUT2D eigenvalue weighted by molar-refractivity contribution is -0.121. The number of hydrogen-bond acceptors (Lipinski definition) is 3. The van der Waals surface area contributed by atoms with Gasteiger partial charge >= 0.3 is 6.03 Å². The topological polar surface area (TPSA) is 93.5 Å². The Hall–Kier alpha value is -3.80. The number of primary amides is 1. The Labute approximate surface area is 182 Å². The highest BCUT2D eigenvalue weighted by atomic mass is 16.5. The van der Waals surface area contributed by atoms with Gasteiger partial charge in [0.25, 0.3) is 0 Å². The molecule has 3 aromatic carbocycles. The second-order valence-corrected chi connectivity index (χ2v) is 7.19. The van der Waals surface area contributed by atoms with Crippen molar-refractivity contribution in [2.75, 3.05) is 6.54 Å². The van der Waals surface area contributed by atoms with E-state index in [-0.39, 0.29) is 12.3 Å². The van der Waals surface area contributed by atoms with Gasteiger partial charge < -0.3 is 21.1 Å². The number of carbonyl (C=O) groups is 2. The van der Waals surface area contributed by atoms with Crippen molar-refractivity contribution in [2.24, 2.45) is 5.73 Å². The van der Waals surface area contributed by atoms with Gasteiger partial charge in [0, 0.05) is 6.54 Å². The number of nitrogens with one attached hydrogen (secondary N) is 2. The van der Waals surface area contributed by atoms with Crippen LogP contribution in [0.1, 0.15) is 30.0 Å². The van der Waals surface area contributed by atoms with E-state index in [9.17, 15) is 9.59 Å². The Balaban J connectivity index is 1.57. The van der Waals surface area contributed by atoms with Crippen molar-refractivity contribution < 1.29 is 14.3 Å². The van der Waals surface area contributed by atoms with Crippen molar-refractivity contribution in [1.29, 1.82) is 0 Å². The summed E-state index contributed by atoms with van der Waals surface area (Å²) in [5.41, 5.74) is 7.32. The van der Waals surface area contributed by atoms with E-state index in [4.69, 9.17) is 10.5 Å². The second-order valence-electron chi connectivity index (χ2n) is 7.19. The monoisotopic (exact) mass is 417 g/mol. The average molecular weight is 418 g/mol. The van der Waals surface area contributed by atoms with Crippen LogP contribution in [-0.2, 0) is 11.2 Å². The number of amides is 3. The minimum absolute atomic E-state index is 0.0864. The fraction of sp³-hybridized carbons (Fsp3) is 0.200. The molecular formula is C25H27N3O3. The Morgan fingerprint density at radius 2 is 1.55 bits per heavy atom. The van der Waals surface area contributed by atoms with Crippen molar-refractivity contribution in [3.05, 3.63) is 96.1 Å². The molecule has 3 rings (SSSR count). The molecule has 0 saturated carbocycles. The standard InChI is InChI=1S/C25H27N3O3/c26-25(30)28-23(18-24(29)27-16-8-11-19-9-3-1-4-10-19)20-12-7-15-22(17-20)31-21-13-5-2-6-14-21/h1-7,9-10,12-15,17,23H,8,11,16,18H2,(H,27,29)(H3,26,28,30). The summed E-state index contributed by atoms with van der Waals surface area (Å²) >= 11 is 0. The first-order valence-corrected chi connectivity index (χ1v) is 10.3. The summed E-state index contributed by atoms with van der Waals surface area (Å²) in [6, 6.07) is 25.6. The summed E-state index contributed by atoms with van der Waals surface area (Å²) in [7, 11) is 0. The minimum Gasteiger partial charge on any atom is -0.457 e. The third-order valence-electron chi connectivity index (χ3n) is 4.75. The lowest BCUT2D eigenvalue weighted by Gasteiger charge is -2.19. The molecule has 4 N–H and O–H groups in total. The molecule has 31 heavy (non-hydrogen) atoms.